The van der Waals surface area contributed by atoms with Crippen LogP contribution in [0.2, 0.25) is 0 Å². The second-order valence-electron chi connectivity index (χ2n) is 8.55. The van der Waals surface area contributed by atoms with E-state index in [0.29, 0.717) is 5.11 Å². The summed E-state index contributed by atoms with van der Waals surface area (Å²) in [6, 6.07) is 14.0. The Morgan fingerprint density at radius 3 is 2.62 bits per heavy atom. The van der Waals surface area contributed by atoms with Crippen LogP contribution in [-0.2, 0) is 16.1 Å². The van der Waals surface area contributed by atoms with Crippen molar-refractivity contribution < 1.29 is 9.53 Å². The maximum atomic E-state index is 12.0. The largest absolute Gasteiger partial charge is 0.375 e. The number of thiocarbonyl (C=S) groups is 1. The molecular weight excluding hydrogens is 446 g/mol. The molecule has 2 N–H and O–H groups in total. The minimum atomic E-state index is -0.184. The molecule has 1 amide bonds. The van der Waals surface area contributed by atoms with Crippen LogP contribution in [0.1, 0.15) is 47.2 Å². The zero-order chi connectivity index (χ0) is 24.4. The van der Waals surface area contributed by atoms with Crippen LogP contribution in [0.25, 0.3) is 0 Å². The van der Waals surface area contributed by atoms with Crippen molar-refractivity contribution >= 4 is 34.6 Å². The van der Waals surface area contributed by atoms with Crippen molar-refractivity contribution in [3.05, 3.63) is 76.9 Å². The van der Waals surface area contributed by atoms with Gasteiger partial charge in [0.15, 0.2) is 5.11 Å². The number of hydrogen-bond donors (Lipinski definition) is 2. The lowest BCUT2D eigenvalue weighted by atomic mass is 9.96. The average molecular weight is 478 g/mol. The number of nitrogens with one attached hydrogen (secondary N) is 2. The topological polar surface area (TPSA) is 71.4 Å². The minimum Gasteiger partial charge on any atom is -0.375 e. The van der Waals surface area contributed by atoms with E-state index in [0.717, 1.165) is 29.2 Å². The van der Waals surface area contributed by atoms with E-state index in [9.17, 15) is 4.79 Å². The van der Waals surface area contributed by atoms with Gasteiger partial charge in [-0.25, -0.2) is 0 Å². The first-order valence-electron chi connectivity index (χ1n) is 11.4. The molecule has 178 valence electrons. The summed E-state index contributed by atoms with van der Waals surface area (Å²) in [6.07, 6.45) is 1.82. The van der Waals surface area contributed by atoms with Crippen molar-refractivity contribution in [2.24, 2.45) is 0 Å². The third kappa shape index (κ3) is 4.43. The molecule has 1 aliphatic rings. The van der Waals surface area contributed by atoms with Crippen LogP contribution in [0.3, 0.4) is 0 Å². The van der Waals surface area contributed by atoms with Gasteiger partial charge < -0.3 is 24.8 Å². The van der Waals surface area contributed by atoms with Crippen molar-refractivity contribution in [2.75, 3.05) is 23.9 Å². The fourth-order valence-corrected chi connectivity index (χ4v) is 5.16. The van der Waals surface area contributed by atoms with E-state index in [2.05, 4.69) is 58.0 Å². The second-order valence-corrected chi connectivity index (χ2v) is 8.93. The third-order valence-electron chi connectivity index (χ3n) is 6.38. The number of anilines is 2. The van der Waals surface area contributed by atoms with Crippen molar-refractivity contribution in [3.8, 4) is 0 Å². The number of nitrogens with zero attached hydrogens (tertiary/aromatic N) is 3. The normalized spacial score (nSPS) is 17.7. The van der Waals surface area contributed by atoms with Crippen molar-refractivity contribution in [2.45, 2.75) is 46.3 Å². The highest BCUT2D eigenvalue weighted by Gasteiger charge is 2.42. The molecule has 3 heterocycles. The highest BCUT2D eigenvalue weighted by molar-refractivity contribution is 7.80. The number of aromatic nitrogens is 2. The van der Waals surface area contributed by atoms with Gasteiger partial charge in [0.1, 0.15) is 6.61 Å². The quantitative estimate of drug-likeness (QED) is 0.485. The zero-order valence-electron chi connectivity index (χ0n) is 20.3. The van der Waals surface area contributed by atoms with Gasteiger partial charge in [0, 0.05) is 42.6 Å². The number of aryl methyl sites for hydroxylation is 2. The summed E-state index contributed by atoms with van der Waals surface area (Å²) in [5.41, 5.74) is 7.28. The maximum Gasteiger partial charge on any atom is 0.250 e. The summed E-state index contributed by atoms with van der Waals surface area (Å²) < 4.78 is 7.25. The molecule has 1 aromatic carbocycles. The molecule has 0 unspecified atom stereocenters. The highest BCUT2D eigenvalue weighted by Crippen LogP contribution is 2.43. The van der Waals surface area contributed by atoms with Gasteiger partial charge >= 0.3 is 0 Å². The van der Waals surface area contributed by atoms with Crippen LogP contribution in [-0.4, -0.2) is 34.3 Å². The van der Waals surface area contributed by atoms with Gasteiger partial charge in [0.25, 0.3) is 0 Å². The van der Waals surface area contributed by atoms with Gasteiger partial charge in [-0.15, -0.1) is 0 Å². The zero-order valence-corrected chi connectivity index (χ0v) is 21.1. The molecule has 1 aliphatic heterocycles. The molecule has 1 saturated heterocycles. The molecule has 8 heteroatoms. The Kier molecular flexibility index (Phi) is 7.00. The first-order valence-corrected chi connectivity index (χ1v) is 11.8. The maximum absolute atomic E-state index is 12.0. The molecular formula is C26H31N5O2S. The molecule has 2 aromatic heterocycles. The fraction of sp³-hybridized carbons (Fsp3) is 0.346. The summed E-state index contributed by atoms with van der Waals surface area (Å²) in [4.78, 5) is 18.8. The molecule has 3 aromatic rings. The van der Waals surface area contributed by atoms with Gasteiger partial charge in [-0.05, 0) is 87.4 Å². The fourth-order valence-electron chi connectivity index (χ4n) is 4.82. The lowest BCUT2D eigenvalue weighted by Gasteiger charge is -2.29. The Hall–Kier alpha value is -3.23. The summed E-state index contributed by atoms with van der Waals surface area (Å²) in [7, 11) is 1.50. The highest BCUT2D eigenvalue weighted by atomic mass is 32.1. The summed E-state index contributed by atoms with van der Waals surface area (Å²) >= 11 is 5.86. The van der Waals surface area contributed by atoms with Gasteiger partial charge in [0.05, 0.1) is 17.8 Å². The van der Waals surface area contributed by atoms with E-state index in [1.807, 2.05) is 43.5 Å². The van der Waals surface area contributed by atoms with Gasteiger partial charge in [-0.2, -0.15) is 0 Å². The predicted octanol–water partition coefficient (Wildman–Crippen LogP) is 4.59. The molecule has 0 saturated carbocycles. The summed E-state index contributed by atoms with van der Waals surface area (Å²) in [5, 5.41) is 7.08. The average Bonchev–Trinajstić information content (AvgIpc) is 3.30. The summed E-state index contributed by atoms with van der Waals surface area (Å²) in [6.45, 7) is 9.37. The number of methoxy groups -OCH3 is 1. The number of benzene rings is 1. The van der Waals surface area contributed by atoms with E-state index in [4.69, 9.17) is 17.0 Å². The third-order valence-corrected chi connectivity index (χ3v) is 6.70. The van der Waals surface area contributed by atoms with Crippen LogP contribution in [0, 0.1) is 20.8 Å². The number of carbonyl (C=O) groups excluding carboxylic acids is 1. The number of rotatable bonds is 7. The van der Waals surface area contributed by atoms with Crippen LogP contribution in [0.5, 0.6) is 0 Å². The van der Waals surface area contributed by atoms with Crippen LogP contribution >= 0.6 is 12.2 Å². The SMILES string of the molecule is CCn1c(C)cc([C@H]2[C@H](c3ccccn3)NC(=S)N2c2ccc(NC(=O)COC)c(C)c2)c1C. The first kappa shape index (κ1) is 23.9. The Morgan fingerprint density at radius 1 is 1.21 bits per heavy atom. The lowest BCUT2D eigenvalue weighted by molar-refractivity contribution is -0.119. The van der Waals surface area contributed by atoms with Gasteiger partial charge in [-0.3, -0.25) is 9.78 Å². The van der Waals surface area contributed by atoms with E-state index in [-0.39, 0.29) is 24.6 Å². The molecule has 7 nitrogen and oxygen atoms in total. The monoisotopic (exact) mass is 477 g/mol. The standard InChI is InChI=1S/C26H31N5O2S/c1-6-30-17(3)14-20(18(30)4)25-24(22-9-7-8-12-27-22)29-26(34)31(25)19-10-11-21(16(2)13-19)28-23(32)15-33-5/h7-14,24-25H,6,15H2,1-5H3,(H,28,32)(H,29,34)/t24-,25-/m0/s1. The first-order chi connectivity index (χ1) is 16.3. The Morgan fingerprint density at radius 2 is 2.00 bits per heavy atom. The minimum absolute atomic E-state index is 0.0161. The number of amides is 1. The van der Waals surface area contributed by atoms with E-state index in [1.54, 1.807) is 0 Å². The van der Waals surface area contributed by atoms with E-state index >= 15 is 0 Å². The lowest BCUT2D eigenvalue weighted by Crippen LogP contribution is -2.29. The molecule has 1 fully saturated rings. The summed E-state index contributed by atoms with van der Waals surface area (Å²) in [5.74, 6) is -0.184. The molecule has 2 atom stereocenters. The van der Waals surface area contributed by atoms with Crippen molar-refractivity contribution in [3.63, 3.8) is 0 Å². The van der Waals surface area contributed by atoms with Crippen molar-refractivity contribution in [1.82, 2.24) is 14.9 Å². The van der Waals surface area contributed by atoms with Crippen LogP contribution in [0.15, 0.2) is 48.7 Å². The van der Waals surface area contributed by atoms with Crippen LogP contribution < -0.4 is 15.5 Å². The Bertz CT molecular complexity index is 1210. The van der Waals surface area contributed by atoms with Gasteiger partial charge in [-0.1, -0.05) is 6.07 Å². The van der Waals surface area contributed by atoms with Crippen molar-refractivity contribution in [1.29, 1.82) is 0 Å². The number of ether oxygens (including phenoxy) is 1. The molecule has 0 bridgehead atoms. The van der Waals surface area contributed by atoms with E-state index < -0.39 is 0 Å². The van der Waals surface area contributed by atoms with Gasteiger partial charge in [0.2, 0.25) is 5.91 Å². The predicted molar refractivity (Wildman–Crippen MR) is 139 cm³/mol. The van der Waals surface area contributed by atoms with Crippen LogP contribution in [0.4, 0.5) is 11.4 Å². The second kappa shape index (κ2) is 9.95. The molecule has 4 rings (SSSR count). The Balaban J connectivity index is 1.78. The molecule has 0 aliphatic carbocycles. The number of carbonyl (C=O) groups is 1. The molecule has 0 spiro atoms. The molecule has 34 heavy (non-hydrogen) atoms. The molecule has 0 radical (unpaired) electrons. The Labute approximate surface area is 206 Å². The number of pyridine rings is 1. The number of hydrogen-bond acceptors (Lipinski definition) is 4. The smallest absolute Gasteiger partial charge is 0.250 e. The van der Waals surface area contributed by atoms with E-state index in [1.165, 1.54) is 24.1 Å².